The summed E-state index contributed by atoms with van der Waals surface area (Å²) in [7, 11) is 0. The second-order valence-corrected chi connectivity index (χ2v) is 5.39. The van der Waals surface area contributed by atoms with E-state index in [9.17, 15) is 4.79 Å². The number of rotatable bonds is 4. The van der Waals surface area contributed by atoms with Crippen LogP contribution in [0.2, 0.25) is 0 Å². The van der Waals surface area contributed by atoms with E-state index in [-0.39, 0.29) is 18.6 Å². The minimum Gasteiger partial charge on any atom is -0.461 e. The van der Waals surface area contributed by atoms with E-state index in [0.717, 1.165) is 21.9 Å². The number of hydrogen-bond donors (Lipinski definition) is 0. The largest absolute Gasteiger partial charge is 0.461 e. The molecule has 4 rings (SSSR count). The summed E-state index contributed by atoms with van der Waals surface area (Å²) in [4.78, 5) is 12.2. The molecule has 0 amide bonds. The van der Waals surface area contributed by atoms with Gasteiger partial charge in [0, 0.05) is 10.8 Å². The van der Waals surface area contributed by atoms with E-state index in [1.54, 1.807) is 0 Å². The van der Waals surface area contributed by atoms with Crippen LogP contribution in [0.1, 0.15) is 11.5 Å². The smallest absolute Gasteiger partial charge is 0.147 e. The number of hydrogen-bond acceptors (Lipinski definition) is 3. The second-order valence-electron chi connectivity index (χ2n) is 5.39. The van der Waals surface area contributed by atoms with Crippen molar-refractivity contribution in [2.75, 3.05) is 0 Å². The predicted molar refractivity (Wildman–Crippen MR) is 84.8 cm³/mol. The van der Waals surface area contributed by atoms with Gasteiger partial charge in [-0.2, -0.15) is 0 Å². The third kappa shape index (κ3) is 2.42. The average Bonchev–Trinajstić information content (AvgIpc) is 3.08. The Morgan fingerprint density at radius 2 is 1.18 bits per heavy atom. The lowest BCUT2D eigenvalue weighted by Crippen LogP contribution is -2.05. The van der Waals surface area contributed by atoms with Crippen LogP contribution in [0.15, 0.2) is 69.5 Å². The van der Waals surface area contributed by atoms with Gasteiger partial charge >= 0.3 is 0 Å². The van der Waals surface area contributed by atoms with E-state index >= 15 is 0 Å². The highest BCUT2D eigenvalue weighted by Crippen LogP contribution is 2.21. The Morgan fingerprint density at radius 3 is 1.64 bits per heavy atom. The van der Waals surface area contributed by atoms with Gasteiger partial charge in [0.1, 0.15) is 28.5 Å². The van der Waals surface area contributed by atoms with Gasteiger partial charge < -0.3 is 8.83 Å². The molecule has 0 atom stereocenters. The SMILES string of the molecule is O=C(Cc1cc2ccccc2o1)Cc1cc2ccccc2o1. The molecule has 0 spiro atoms. The third-order valence-electron chi connectivity index (χ3n) is 3.70. The van der Waals surface area contributed by atoms with Crippen LogP contribution >= 0.6 is 0 Å². The number of fused-ring (bicyclic) bond motifs is 2. The monoisotopic (exact) mass is 290 g/mol. The summed E-state index contributed by atoms with van der Waals surface area (Å²) in [5.74, 6) is 1.47. The summed E-state index contributed by atoms with van der Waals surface area (Å²) in [5.41, 5.74) is 1.63. The van der Waals surface area contributed by atoms with Crippen LogP contribution in [0.5, 0.6) is 0 Å². The Bertz CT molecular complexity index is 815. The van der Waals surface area contributed by atoms with Crippen molar-refractivity contribution >= 4 is 27.7 Å². The maximum absolute atomic E-state index is 12.2. The first-order chi connectivity index (χ1) is 10.8. The fourth-order valence-electron chi connectivity index (χ4n) is 2.70. The van der Waals surface area contributed by atoms with E-state index in [2.05, 4.69) is 0 Å². The van der Waals surface area contributed by atoms with Crippen LogP contribution in [0.3, 0.4) is 0 Å². The first-order valence-corrected chi connectivity index (χ1v) is 7.24. The van der Waals surface area contributed by atoms with Gasteiger partial charge in [-0.15, -0.1) is 0 Å². The highest BCUT2D eigenvalue weighted by atomic mass is 16.3. The molecule has 0 saturated carbocycles. The third-order valence-corrected chi connectivity index (χ3v) is 3.70. The molecule has 2 aromatic heterocycles. The molecule has 0 aliphatic heterocycles. The molecule has 108 valence electrons. The van der Waals surface area contributed by atoms with Crippen LogP contribution in [-0.4, -0.2) is 5.78 Å². The number of Topliss-reactive ketones (excluding diaryl/α,β-unsaturated/α-hetero) is 1. The van der Waals surface area contributed by atoms with Crippen molar-refractivity contribution in [3.63, 3.8) is 0 Å². The predicted octanol–water partition coefficient (Wildman–Crippen LogP) is 4.53. The van der Waals surface area contributed by atoms with Crippen LogP contribution < -0.4 is 0 Å². The van der Waals surface area contributed by atoms with Crippen molar-refractivity contribution in [2.24, 2.45) is 0 Å². The molecular weight excluding hydrogens is 276 g/mol. The number of carbonyl (C=O) groups excluding carboxylic acids is 1. The second kappa shape index (κ2) is 5.19. The molecule has 4 aromatic rings. The summed E-state index contributed by atoms with van der Waals surface area (Å²) in [6.45, 7) is 0. The summed E-state index contributed by atoms with van der Waals surface area (Å²) < 4.78 is 11.4. The molecular formula is C19H14O3. The fourth-order valence-corrected chi connectivity index (χ4v) is 2.70. The molecule has 0 bridgehead atoms. The standard InChI is InChI=1S/C19H14O3/c20-15(11-16-9-13-5-1-3-7-18(13)21-16)12-17-10-14-6-2-4-8-19(14)22-17/h1-10H,11-12H2. The van der Waals surface area contributed by atoms with Gasteiger partial charge in [0.2, 0.25) is 0 Å². The van der Waals surface area contributed by atoms with E-state index in [1.165, 1.54) is 0 Å². The van der Waals surface area contributed by atoms with Gasteiger partial charge in [-0.3, -0.25) is 4.79 Å². The Labute approximate surface area is 127 Å². The van der Waals surface area contributed by atoms with Crippen molar-refractivity contribution in [1.82, 2.24) is 0 Å². The van der Waals surface area contributed by atoms with Crippen molar-refractivity contribution in [2.45, 2.75) is 12.8 Å². The summed E-state index contributed by atoms with van der Waals surface area (Å²) >= 11 is 0. The lowest BCUT2D eigenvalue weighted by molar-refractivity contribution is -0.118. The first-order valence-electron chi connectivity index (χ1n) is 7.24. The minimum atomic E-state index is 0.0816. The number of benzene rings is 2. The van der Waals surface area contributed by atoms with Gasteiger partial charge in [0.25, 0.3) is 0 Å². The maximum atomic E-state index is 12.2. The Kier molecular flexibility index (Phi) is 3.04. The van der Waals surface area contributed by atoms with Crippen LogP contribution in [0.25, 0.3) is 21.9 Å². The molecule has 0 saturated heterocycles. The van der Waals surface area contributed by atoms with Gasteiger partial charge in [0.15, 0.2) is 0 Å². The minimum absolute atomic E-state index is 0.0816. The highest BCUT2D eigenvalue weighted by molar-refractivity contribution is 5.86. The van der Waals surface area contributed by atoms with Gasteiger partial charge in [-0.1, -0.05) is 36.4 Å². The van der Waals surface area contributed by atoms with Crippen molar-refractivity contribution in [3.8, 4) is 0 Å². The Balaban J connectivity index is 1.52. The molecule has 3 heteroatoms. The molecule has 0 aliphatic carbocycles. The van der Waals surface area contributed by atoms with Crippen LogP contribution in [0.4, 0.5) is 0 Å². The van der Waals surface area contributed by atoms with E-state index < -0.39 is 0 Å². The van der Waals surface area contributed by atoms with Gasteiger partial charge in [-0.05, 0) is 24.3 Å². The normalized spacial score (nSPS) is 11.3. The van der Waals surface area contributed by atoms with Crippen LogP contribution in [-0.2, 0) is 17.6 Å². The zero-order valence-corrected chi connectivity index (χ0v) is 11.9. The van der Waals surface area contributed by atoms with Gasteiger partial charge in [-0.25, -0.2) is 0 Å². The lowest BCUT2D eigenvalue weighted by Gasteiger charge is -1.95. The number of ketones is 1. The molecule has 2 aromatic carbocycles. The zero-order chi connectivity index (χ0) is 14.9. The molecule has 0 aliphatic rings. The Morgan fingerprint density at radius 1 is 0.727 bits per heavy atom. The number of furan rings is 2. The zero-order valence-electron chi connectivity index (χ0n) is 11.9. The summed E-state index contributed by atoms with van der Waals surface area (Å²) in [5, 5.41) is 2.04. The summed E-state index contributed by atoms with van der Waals surface area (Å²) in [6.07, 6.45) is 0.567. The Hall–Kier alpha value is -2.81. The molecule has 0 radical (unpaired) electrons. The highest BCUT2D eigenvalue weighted by Gasteiger charge is 2.12. The maximum Gasteiger partial charge on any atom is 0.147 e. The summed E-state index contributed by atoms with van der Waals surface area (Å²) in [6, 6.07) is 19.4. The fraction of sp³-hybridized carbons (Fsp3) is 0.105. The number of para-hydroxylation sites is 2. The van der Waals surface area contributed by atoms with Crippen LogP contribution in [0, 0.1) is 0 Å². The quantitative estimate of drug-likeness (QED) is 0.554. The molecule has 0 N–H and O–H groups in total. The molecule has 0 fully saturated rings. The molecule has 22 heavy (non-hydrogen) atoms. The average molecular weight is 290 g/mol. The molecule has 3 nitrogen and oxygen atoms in total. The lowest BCUT2D eigenvalue weighted by atomic mass is 10.1. The topological polar surface area (TPSA) is 43.4 Å². The van der Waals surface area contributed by atoms with Gasteiger partial charge in [0.05, 0.1) is 12.8 Å². The molecule has 0 unspecified atom stereocenters. The first kappa shape index (κ1) is 12.9. The van der Waals surface area contributed by atoms with Crippen molar-refractivity contribution in [3.05, 3.63) is 72.2 Å². The van der Waals surface area contributed by atoms with Crippen molar-refractivity contribution < 1.29 is 13.6 Å². The van der Waals surface area contributed by atoms with E-state index in [1.807, 2.05) is 60.7 Å². The molecule has 2 heterocycles. The van der Waals surface area contributed by atoms with E-state index in [4.69, 9.17) is 8.83 Å². The van der Waals surface area contributed by atoms with Crippen molar-refractivity contribution in [1.29, 1.82) is 0 Å². The van der Waals surface area contributed by atoms with E-state index in [0.29, 0.717) is 11.5 Å². The number of carbonyl (C=O) groups is 1.